The lowest BCUT2D eigenvalue weighted by Crippen LogP contribution is -2.03. The van der Waals surface area contributed by atoms with Crippen molar-refractivity contribution in [2.45, 2.75) is 25.7 Å². The largest absolute Gasteiger partial charge is 0.368 e. The summed E-state index contributed by atoms with van der Waals surface area (Å²) >= 11 is 1.91. The van der Waals surface area contributed by atoms with Crippen molar-refractivity contribution in [3.05, 3.63) is 0 Å². The molecule has 86 valence electrons. The highest BCUT2D eigenvalue weighted by atomic mass is 32.2. The minimum absolute atomic E-state index is 0.359. The van der Waals surface area contributed by atoms with Crippen LogP contribution in [0.15, 0.2) is 0 Å². The molecule has 0 aliphatic heterocycles. The molecule has 15 heavy (non-hydrogen) atoms. The standard InChI is InChI=1S/C9H19N5S/c1-15-7-5-3-2-4-6-11-9-12-8(10)13-14-9/h2-7H2,1H3,(H4,10,11,12,13,14). The number of thioether (sulfide) groups is 1. The zero-order valence-corrected chi connectivity index (χ0v) is 9.94. The molecule has 1 aromatic heterocycles. The summed E-state index contributed by atoms with van der Waals surface area (Å²) in [5, 5.41) is 9.59. The van der Waals surface area contributed by atoms with Crippen LogP contribution >= 0.6 is 11.8 Å². The lowest BCUT2D eigenvalue weighted by atomic mass is 10.2. The highest BCUT2D eigenvalue weighted by Gasteiger charge is 1.97. The number of rotatable bonds is 8. The van der Waals surface area contributed by atoms with Crippen LogP contribution in [0.1, 0.15) is 25.7 Å². The van der Waals surface area contributed by atoms with E-state index in [9.17, 15) is 0 Å². The van der Waals surface area contributed by atoms with Gasteiger partial charge in [0, 0.05) is 6.54 Å². The molecule has 4 N–H and O–H groups in total. The average molecular weight is 229 g/mol. The zero-order chi connectivity index (χ0) is 10.9. The van der Waals surface area contributed by atoms with Crippen molar-refractivity contribution in [3.63, 3.8) is 0 Å². The van der Waals surface area contributed by atoms with Gasteiger partial charge in [-0.15, -0.1) is 5.10 Å². The van der Waals surface area contributed by atoms with Crippen molar-refractivity contribution in [3.8, 4) is 0 Å². The minimum atomic E-state index is 0.359. The molecule has 0 fully saturated rings. The molecule has 0 saturated heterocycles. The van der Waals surface area contributed by atoms with Gasteiger partial charge in [-0.2, -0.15) is 16.7 Å². The van der Waals surface area contributed by atoms with E-state index >= 15 is 0 Å². The monoisotopic (exact) mass is 229 g/mol. The number of nitrogens with two attached hydrogens (primary N) is 1. The molecule has 0 radical (unpaired) electrons. The van der Waals surface area contributed by atoms with E-state index in [1.807, 2.05) is 11.8 Å². The van der Waals surface area contributed by atoms with Gasteiger partial charge < -0.3 is 11.1 Å². The fraction of sp³-hybridized carbons (Fsp3) is 0.778. The summed E-state index contributed by atoms with van der Waals surface area (Å²) in [7, 11) is 0. The van der Waals surface area contributed by atoms with Gasteiger partial charge in [0.1, 0.15) is 0 Å². The van der Waals surface area contributed by atoms with Gasteiger partial charge in [-0.3, -0.25) is 0 Å². The second kappa shape index (κ2) is 7.39. The SMILES string of the molecule is CSCCCCCCNc1n[nH]c(N)n1. The van der Waals surface area contributed by atoms with Crippen LogP contribution in [0.5, 0.6) is 0 Å². The van der Waals surface area contributed by atoms with Gasteiger partial charge in [0.25, 0.3) is 0 Å². The first kappa shape index (κ1) is 12.2. The third-order valence-corrected chi connectivity index (χ3v) is 2.76. The highest BCUT2D eigenvalue weighted by molar-refractivity contribution is 7.98. The second-order valence-corrected chi connectivity index (χ2v) is 4.36. The molecule has 1 aromatic rings. The van der Waals surface area contributed by atoms with Crippen LogP contribution in [-0.4, -0.2) is 33.7 Å². The van der Waals surface area contributed by atoms with E-state index in [-0.39, 0.29) is 0 Å². The fourth-order valence-corrected chi connectivity index (χ4v) is 1.77. The molecule has 0 spiro atoms. The molecule has 0 saturated carbocycles. The lowest BCUT2D eigenvalue weighted by molar-refractivity contribution is 0.687. The van der Waals surface area contributed by atoms with Crippen LogP contribution < -0.4 is 11.1 Å². The van der Waals surface area contributed by atoms with Gasteiger partial charge in [-0.05, 0) is 24.9 Å². The Bertz CT molecular complexity index is 263. The second-order valence-electron chi connectivity index (χ2n) is 3.38. The number of aromatic nitrogens is 3. The third kappa shape index (κ3) is 5.51. The smallest absolute Gasteiger partial charge is 0.243 e. The molecule has 0 amide bonds. The molecule has 0 unspecified atom stereocenters. The van der Waals surface area contributed by atoms with Gasteiger partial charge >= 0.3 is 0 Å². The number of nitrogens with zero attached hydrogens (tertiary/aromatic N) is 2. The number of hydrogen-bond donors (Lipinski definition) is 3. The molecule has 0 atom stereocenters. The summed E-state index contributed by atoms with van der Waals surface area (Å²) in [6.45, 7) is 0.913. The molecule has 0 aliphatic rings. The topological polar surface area (TPSA) is 79.6 Å². The van der Waals surface area contributed by atoms with Crippen LogP contribution in [0.4, 0.5) is 11.9 Å². The highest BCUT2D eigenvalue weighted by Crippen LogP contribution is 2.05. The van der Waals surface area contributed by atoms with Crippen molar-refractivity contribution >= 4 is 23.7 Å². The van der Waals surface area contributed by atoms with Crippen molar-refractivity contribution in [2.24, 2.45) is 0 Å². The van der Waals surface area contributed by atoms with Crippen molar-refractivity contribution in [2.75, 3.05) is 29.6 Å². The summed E-state index contributed by atoms with van der Waals surface area (Å²) in [6.07, 6.45) is 7.18. The Labute approximate surface area is 94.6 Å². The fourth-order valence-electron chi connectivity index (χ4n) is 1.28. The maximum atomic E-state index is 5.39. The molecule has 0 aliphatic carbocycles. The first-order valence-corrected chi connectivity index (χ1v) is 6.63. The number of nitrogens with one attached hydrogen (secondary N) is 2. The Balaban J connectivity index is 1.93. The molecule has 0 bridgehead atoms. The van der Waals surface area contributed by atoms with E-state index in [1.165, 1.54) is 25.0 Å². The summed E-state index contributed by atoms with van der Waals surface area (Å²) < 4.78 is 0. The number of aromatic amines is 1. The third-order valence-electron chi connectivity index (χ3n) is 2.06. The first-order chi connectivity index (χ1) is 7.33. The van der Waals surface area contributed by atoms with E-state index < -0.39 is 0 Å². The van der Waals surface area contributed by atoms with Crippen LogP contribution in [0.2, 0.25) is 0 Å². The van der Waals surface area contributed by atoms with E-state index in [0.717, 1.165) is 13.0 Å². The van der Waals surface area contributed by atoms with E-state index in [0.29, 0.717) is 11.9 Å². The molecular weight excluding hydrogens is 210 g/mol. The van der Waals surface area contributed by atoms with Gasteiger partial charge in [0.2, 0.25) is 11.9 Å². The van der Waals surface area contributed by atoms with Crippen LogP contribution in [0.3, 0.4) is 0 Å². The Hall–Kier alpha value is -0.910. The van der Waals surface area contributed by atoms with E-state index in [2.05, 4.69) is 26.8 Å². The Morgan fingerprint density at radius 3 is 2.80 bits per heavy atom. The number of anilines is 2. The Morgan fingerprint density at radius 2 is 2.13 bits per heavy atom. The maximum absolute atomic E-state index is 5.39. The van der Waals surface area contributed by atoms with Crippen molar-refractivity contribution in [1.29, 1.82) is 0 Å². The zero-order valence-electron chi connectivity index (χ0n) is 9.12. The number of H-pyrrole nitrogens is 1. The predicted octanol–water partition coefficient (Wildman–Crippen LogP) is 1.72. The summed E-state index contributed by atoms with van der Waals surface area (Å²) in [6, 6.07) is 0. The van der Waals surface area contributed by atoms with Crippen molar-refractivity contribution < 1.29 is 0 Å². The summed E-state index contributed by atoms with van der Waals surface area (Å²) in [5.41, 5.74) is 5.39. The van der Waals surface area contributed by atoms with Crippen LogP contribution in [-0.2, 0) is 0 Å². The normalized spacial score (nSPS) is 10.5. The molecule has 6 heteroatoms. The molecule has 1 rings (SSSR count). The van der Waals surface area contributed by atoms with E-state index in [4.69, 9.17) is 5.73 Å². The van der Waals surface area contributed by atoms with Gasteiger partial charge in [-0.1, -0.05) is 12.8 Å². The quantitative estimate of drug-likeness (QED) is 0.591. The first-order valence-electron chi connectivity index (χ1n) is 5.23. The number of hydrogen-bond acceptors (Lipinski definition) is 5. The number of nitrogen functional groups attached to an aromatic ring is 1. The number of unbranched alkanes of at least 4 members (excludes halogenated alkanes) is 3. The van der Waals surface area contributed by atoms with Gasteiger partial charge in [-0.25, -0.2) is 5.10 Å². The van der Waals surface area contributed by atoms with Crippen LogP contribution in [0, 0.1) is 0 Å². The summed E-state index contributed by atoms with van der Waals surface area (Å²) in [5.74, 6) is 2.22. The average Bonchev–Trinajstić information content (AvgIpc) is 2.63. The predicted molar refractivity (Wildman–Crippen MR) is 66.1 cm³/mol. The van der Waals surface area contributed by atoms with Crippen LogP contribution in [0.25, 0.3) is 0 Å². The maximum Gasteiger partial charge on any atom is 0.243 e. The van der Waals surface area contributed by atoms with Gasteiger partial charge in [0.15, 0.2) is 0 Å². The molecule has 5 nitrogen and oxygen atoms in total. The van der Waals surface area contributed by atoms with Crippen molar-refractivity contribution in [1.82, 2.24) is 15.2 Å². The molecule has 1 heterocycles. The Kier molecular flexibility index (Phi) is 5.99. The summed E-state index contributed by atoms with van der Waals surface area (Å²) in [4.78, 5) is 3.95. The van der Waals surface area contributed by atoms with E-state index in [1.54, 1.807) is 0 Å². The Morgan fingerprint density at radius 1 is 1.33 bits per heavy atom. The molecular formula is C9H19N5S. The van der Waals surface area contributed by atoms with Gasteiger partial charge in [0.05, 0.1) is 0 Å². The minimum Gasteiger partial charge on any atom is -0.368 e. The lowest BCUT2D eigenvalue weighted by Gasteiger charge is -2.01. The molecule has 0 aromatic carbocycles.